The lowest BCUT2D eigenvalue weighted by Crippen LogP contribution is -2.20. The minimum atomic E-state index is -4.53. The number of nitrogens with zero attached hydrogens (tertiary/aromatic N) is 6. The van der Waals surface area contributed by atoms with E-state index in [0.29, 0.717) is 11.1 Å². The van der Waals surface area contributed by atoms with Crippen molar-refractivity contribution in [3.05, 3.63) is 41.5 Å². The van der Waals surface area contributed by atoms with E-state index in [9.17, 15) is 21.6 Å². The molecule has 0 aliphatic carbocycles. The Morgan fingerprint density at radius 3 is 2.32 bits per heavy atom. The Labute approximate surface area is 158 Å². The highest BCUT2D eigenvalue weighted by Crippen LogP contribution is 2.30. The normalized spacial score (nSPS) is 12.5. The molecule has 0 saturated heterocycles. The Bertz CT molecular complexity index is 1100. The lowest BCUT2D eigenvalue weighted by atomic mass is 10.0. The Morgan fingerprint density at radius 1 is 1.11 bits per heavy atom. The van der Waals surface area contributed by atoms with Gasteiger partial charge in [0.1, 0.15) is 13.1 Å². The molecule has 8 nitrogen and oxygen atoms in total. The molecule has 3 aromatic rings. The van der Waals surface area contributed by atoms with Crippen molar-refractivity contribution in [3.8, 4) is 11.4 Å². The fraction of sp³-hybridized carbons (Fsp3) is 0.375. The molecule has 0 radical (unpaired) electrons. The second-order valence-corrected chi connectivity index (χ2v) is 8.38. The molecule has 0 bridgehead atoms. The van der Waals surface area contributed by atoms with Gasteiger partial charge in [0.05, 0.1) is 17.3 Å². The summed E-state index contributed by atoms with van der Waals surface area (Å²) in [5, 5.41) is 11.7. The van der Waals surface area contributed by atoms with Gasteiger partial charge in [-0.05, 0) is 37.1 Å². The molecule has 28 heavy (non-hydrogen) atoms. The monoisotopic (exact) mass is 414 g/mol. The van der Waals surface area contributed by atoms with Crippen LogP contribution in [0.5, 0.6) is 0 Å². The highest BCUT2D eigenvalue weighted by molar-refractivity contribution is 7.90. The van der Waals surface area contributed by atoms with E-state index in [0.717, 1.165) is 10.9 Å². The van der Waals surface area contributed by atoms with Crippen LogP contribution < -0.4 is 0 Å². The number of halogens is 3. The van der Waals surface area contributed by atoms with Crippen molar-refractivity contribution in [2.24, 2.45) is 0 Å². The number of aryl methyl sites for hydroxylation is 1. The smallest absolute Gasteiger partial charge is 0.236 e. The molecule has 0 fully saturated rings. The number of hydrogen-bond acceptors (Lipinski definition) is 6. The first-order valence-corrected chi connectivity index (χ1v) is 9.99. The van der Waals surface area contributed by atoms with E-state index in [-0.39, 0.29) is 28.7 Å². The second kappa shape index (κ2) is 7.00. The van der Waals surface area contributed by atoms with E-state index in [1.54, 1.807) is 13.8 Å². The van der Waals surface area contributed by atoms with Crippen molar-refractivity contribution < 1.29 is 21.6 Å². The van der Waals surface area contributed by atoms with Gasteiger partial charge in [0.25, 0.3) is 0 Å². The number of benzene rings is 1. The van der Waals surface area contributed by atoms with Crippen LogP contribution in [-0.4, -0.2) is 50.6 Å². The predicted molar refractivity (Wildman–Crippen MR) is 93.2 cm³/mol. The van der Waals surface area contributed by atoms with Crippen molar-refractivity contribution in [3.63, 3.8) is 0 Å². The van der Waals surface area contributed by atoms with Gasteiger partial charge in [-0.3, -0.25) is 0 Å². The van der Waals surface area contributed by atoms with Crippen LogP contribution in [0, 0.1) is 13.8 Å². The van der Waals surface area contributed by atoms with Gasteiger partial charge in [-0.15, -0.1) is 0 Å². The number of rotatable bonds is 5. The summed E-state index contributed by atoms with van der Waals surface area (Å²) < 4.78 is 63.8. The first-order chi connectivity index (χ1) is 12.9. The Balaban J connectivity index is 2.16. The minimum absolute atomic E-state index is 0.00227. The number of alkyl halides is 3. The third kappa shape index (κ3) is 4.38. The summed E-state index contributed by atoms with van der Waals surface area (Å²) in [6.45, 7) is 2.00. The first-order valence-electron chi connectivity index (χ1n) is 8.10. The van der Waals surface area contributed by atoms with Crippen LogP contribution in [0.2, 0.25) is 0 Å². The maximum atomic E-state index is 13.1. The minimum Gasteiger partial charge on any atom is -0.236 e. The zero-order valence-electron chi connectivity index (χ0n) is 15.3. The van der Waals surface area contributed by atoms with Gasteiger partial charge < -0.3 is 0 Å². The standard InChI is InChI=1S/C16H17F3N6O2S/c1-10-6-12(28(3,26)27)7-13(11(10)2)15-22-14(8-25-20-4-5-21-25)23-24(15)9-16(17,18)19/h4-7H,8-9H2,1-3H3. The molecule has 0 spiro atoms. The van der Waals surface area contributed by atoms with E-state index < -0.39 is 22.6 Å². The lowest BCUT2D eigenvalue weighted by molar-refractivity contribution is -0.142. The van der Waals surface area contributed by atoms with Gasteiger partial charge in [-0.1, -0.05) is 0 Å². The van der Waals surface area contributed by atoms with Gasteiger partial charge in [0.2, 0.25) is 0 Å². The van der Waals surface area contributed by atoms with E-state index in [4.69, 9.17) is 0 Å². The summed E-state index contributed by atoms with van der Waals surface area (Å²) in [5.74, 6) is 0.0165. The van der Waals surface area contributed by atoms with Crippen LogP contribution >= 0.6 is 0 Å². The molecule has 0 aliphatic heterocycles. The van der Waals surface area contributed by atoms with Crippen LogP contribution in [0.25, 0.3) is 11.4 Å². The zero-order valence-corrected chi connectivity index (χ0v) is 16.1. The van der Waals surface area contributed by atoms with Crippen molar-refractivity contribution in [1.29, 1.82) is 0 Å². The third-order valence-electron chi connectivity index (χ3n) is 4.10. The molecule has 2 aromatic heterocycles. The van der Waals surface area contributed by atoms with Gasteiger partial charge in [-0.2, -0.15) is 33.3 Å². The van der Waals surface area contributed by atoms with Crippen molar-refractivity contribution in [2.45, 2.75) is 38.0 Å². The molecule has 0 aliphatic rings. The SMILES string of the molecule is Cc1cc(S(C)(=O)=O)cc(-c2nc(Cn3nccn3)nn2CC(F)(F)F)c1C. The van der Waals surface area contributed by atoms with E-state index >= 15 is 0 Å². The van der Waals surface area contributed by atoms with Crippen LogP contribution in [0.4, 0.5) is 13.2 Å². The molecule has 0 saturated carbocycles. The van der Waals surface area contributed by atoms with Gasteiger partial charge in [0.15, 0.2) is 21.5 Å². The van der Waals surface area contributed by atoms with Gasteiger partial charge in [-0.25, -0.2) is 18.1 Å². The molecule has 0 unspecified atom stereocenters. The van der Waals surface area contributed by atoms with Crippen LogP contribution in [0.15, 0.2) is 29.4 Å². The first kappa shape index (κ1) is 20.0. The highest BCUT2D eigenvalue weighted by atomic mass is 32.2. The molecule has 150 valence electrons. The lowest BCUT2D eigenvalue weighted by Gasteiger charge is -2.13. The Morgan fingerprint density at radius 2 is 1.75 bits per heavy atom. The number of hydrogen-bond donors (Lipinski definition) is 0. The maximum Gasteiger partial charge on any atom is 0.408 e. The van der Waals surface area contributed by atoms with Gasteiger partial charge in [0, 0.05) is 11.8 Å². The van der Waals surface area contributed by atoms with Crippen molar-refractivity contribution in [1.82, 2.24) is 29.8 Å². The molecular weight excluding hydrogens is 397 g/mol. The average molecular weight is 414 g/mol. The molecule has 12 heteroatoms. The summed E-state index contributed by atoms with van der Waals surface area (Å²) in [7, 11) is -3.56. The largest absolute Gasteiger partial charge is 0.408 e. The second-order valence-electron chi connectivity index (χ2n) is 6.37. The molecule has 3 rings (SSSR count). The van der Waals surface area contributed by atoms with Gasteiger partial charge >= 0.3 is 6.18 Å². The maximum absolute atomic E-state index is 13.1. The van der Waals surface area contributed by atoms with Crippen molar-refractivity contribution >= 4 is 9.84 Å². The fourth-order valence-corrected chi connectivity index (χ4v) is 3.38. The predicted octanol–water partition coefficient (Wildman–Crippen LogP) is 2.17. The third-order valence-corrected chi connectivity index (χ3v) is 5.20. The Hall–Kier alpha value is -2.76. The zero-order chi connectivity index (χ0) is 20.7. The summed E-state index contributed by atoms with van der Waals surface area (Å²) in [6.07, 6.45) is -0.634. The van der Waals surface area contributed by atoms with E-state index in [1.807, 2.05) is 0 Å². The Kier molecular flexibility index (Phi) is 5.00. The molecule has 0 N–H and O–H groups in total. The molecule has 1 aromatic carbocycles. The van der Waals surface area contributed by atoms with Crippen LogP contribution in [0.3, 0.4) is 0 Å². The highest BCUT2D eigenvalue weighted by Gasteiger charge is 2.31. The average Bonchev–Trinajstić information content (AvgIpc) is 3.18. The molecule has 0 atom stereocenters. The fourth-order valence-electron chi connectivity index (χ4n) is 2.66. The van der Waals surface area contributed by atoms with E-state index in [2.05, 4.69) is 20.3 Å². The van der Waals surface area contributed by atoms with E-state index in [1.165, 1.54) is 29.3 Å². The molecule has 0 amide bonds. The molecular formula is C16H17F3N6O2S. The van der Waals surface area contributed by atoms with Crippen LogP contribution in [0.1, 0.15) is 17.0 Å². The summed E-state index contributed by atoms with van der Waals surface area (Å²) in [4.78, 5) is 5.46. The summed E-state index contributed by atoms with van der Waals surface area (Å²) in [6, 6.07) is 2.80. The topological polar surface area (TPSA) is 95.6 Å². The van der Waals surface area contributed by atoms with Crippen LogP contribution in [-0.2, 0) is 22.9 Å². The van der Waals surface area contributed by atoms with Crippen molar-refractivity contribution in [2.75, 3.05) is 6.26 Å². The number of sulfone groups is 1. The summed E-state index contributed by atoms with van der Waals surface area (Å²) >= 11 is 0. The summed E-state index contributed by atoms with van der Waals surface area (Å²) in [5.41, 5.74) is 1.51. The number of aromatic nitrogens is 6. The molecule has 2 heterocycles. The quantitative estimate of drug-likeness (QED) is 0.635.